The fourth-order valence-electron chi connectivity index (χ4n) is 3.58. The lowest BCUT2D eigenvalue weighted by atomic mass is 10.1. The van der Waals surface area contributed by atoms with Crippen molar-refractivity contribution in [1.29, 1.82) is 0 Å². The van der Waals surface area contributed by atoms with Gasteiger partial charge in [0.25, 0.3) is 5.91 Å². The Morgan fingerprint density at radius 2 is 1.78 bits per heavy atom. The lowest BCUT2D eigenvalue weighted by Crippen LogP contribution is -2.43. The minimum Gasteiger partial charge on any atom is -0.322 e. The molecule has 32 heavy (non-hydrogen) atoms. The van der Waals surface area contributed by atoms with E-state index in [0.29, 0.717) is 5.69 Å². The summed E-state index contributed by atoms with van der Waals surface area (Å²) in [4.78, 5) is 27.0. The van der Waals surface area contributed by atoms with E-state index in [1.165, 1.54) is 27.9 Å². The number of nitrogens with one attached hydrogen (secondary N) is 1. The number of benzene rings is 2. The molecule has 1 aromatic heterocycles. The van der Waals surface area contributed by atoms with Crippen molar-refractivity contribution >= 4 is 36.7 Å². The summed E-state index contributed by atoms with van der Waals surface area (Å²) in [6.45, 7) is 2.09. The number of hydrogen-bond acceptors (Lipinski definition) is 3. The Labute approximate surface area is 189 Å². The standard InChI is InChI=1S/C22H19F3N4O2.H2S/c1-14-13-28(17-9-7-16(8-10-17)22(23,24)25)21(31)20-18(12-26-29(14)20)27-19(30)11-15-5-3-2-4-6-15;/h2-10,12,14H,11,13H2,1H3,(H,27,30);1H2/t14-;/m0./s1. The van der Waals surface area contributed by atoms with Crippen LogP contribution in [0.3, 0.4) is 0 Å². The number of nitrogens with zero attached hydrogens (tertiary/aromatic N) is 3. The van der Waals surface area contributed by atoms with E-state index in [2.05, 4.69) is 10.4 Å². The molecule has 1 N–H and O–H groups in total. The van der Waals surface area contributed by atoms with Crippen LogP contribution >= 0.6 is 13.5 Å². The molecule has 2 amide bonds. The van der Waals surface area contributed by atoms with Crippen molar-refractivity contribution in [3.05, 3.63) is 77.6 Å². The smallest absolute Gasteiger partial charge is 0.322 e. The van der Waals surface area contributed by atoms with E-state index < -0.39 is 17.6 Å². The number of anilines is 2. The zero-order valence-corrected chi connectivity index (χ0v) is 18.1. The monoisotopic (exact) mass is 462 g/mol. The molecule has 0 fully saturated rings. The minimum absolute atomic E-state index is 0. The van der Waals surface area contributed by atoms with E-state index in [0.717, 1.165) is 17.7 Å². The number of aromatic nitrogens is 2. The molecule has 2 heterocycles. The van der Waals surface area contributed by atoms with Crippen molar-refractivity contribution in [1.82, 2.24) is 9.78 Å². The first-order valence-electron chi connectivity index (χ1n) is 9.64. The van der Waals surface area contributed by atoms with Gasteiger partial charge in [0.2, 0.25) is 5.91 Å². The fraction of sp³-hybridized carbons (Fsp3) is 0.227. The molecule has 168 valence electrons. The van der Waals surface area contributed by atoms with Crippen molar-refractivity contribution in [2.75, 3.05) is 16.8 Å². The van der Waals surface area contributed by atoms with Crippen LogP contribution in [0.1, 0.15) is 34.6 Å². The van der Waals surface area contributed by atoms with Gasteiger partial charge in [0.15, 0.2) is 5.69 Å². The minimum atomic E-state index is -4.45. The van der Waals surface area contributed by atoms with Gasteiger partial charge in [-0.25, -0.2) is 0 Å². The average Bonchev–Trinajstić information content (AvgIpc) is 3.15. The van der Waals surface area contributed by atoms with Gasteiger partial charge in [0, 0.05) is 12.2 Å². The number of carbonyl (C=O) groups is 2. The molecule has 0 spiro atoms. The number of fused-ring (bicyclic) bond motifs is 1. The number of halogens is 3. The highest BCUT2D eigenvalue weighted by Gasteiger charge is 2.35. The van der Waals surface area contributed by atoms with Crippen LogP contribution in [-0.4, -0.2) is 28.1 Å². The SMILES string of the molecule is C[C@H]1CN(c2ccc(C(F)(F)F)cc2)C(=O)c2c(NC(=O)Cc3ccccc3)cnn21.S. The second kappa shape index (κ2) is 9.07. The normalized spacial score (nSPS) is 15.7. The third-order valence-electron chi connectivity index (χ3n) is 5.10. The zero-order valence-electron chi connectivity index (χ0n) is 17.1. The van der Waals surface area contributed by atoms with E-state index >= 15 is 0 Å². The molecular weight excluding hydrogens is 441 g/mol. The van der Waals surface area contributed by atoms with E-state index in [9.17, 15) is 22.8 Å². The first-order chi connectivity index (χ1) is 14.7. The Kier molecular flexibility index (Phi) is 6.63. The summed E-state index contributed by atoms with van der Waals surface area (Å²) in [5.41, 5.74) is 0.855. The molecule has 0 bridgehead atoms. The van der Waals surface area contributed by atoms with Crippen LogP contribution in [0.25, 0.3) is 0 Å². The van der Waals surface area contributed by atoms with Crippen molar-refractivity contribution in [2.45, 2.75) is 25.6 Å². The van der Waals surface area contributed by atoms with Crippen LogP contribution in [0.2, 0.25) is 0 Å². The Balaban J connectivity index is 0.00000289. The third kappa shape index (κ3) is 4.64. The van der Waals surface area contributed by atoms with Gasteiger partial charge in [-0.15, -0.1) is 0 Å². The molecule has 0 unspecified atom stereocenters. The lowest BCUT2D eigenvalue weighted by molar-refractivity contribution is -0.137. The maximum Gasteiger partial charge on any atom is 0.416 e. The lowest BCUT2D eigenvalue weighted by Gasteiger charge is -2.32. The van der Waals surface area contributed by atoms with Gasteiger partial charge in [0.1, 0.15) is 0 Å². The summed E-state index contributed by atoms with van der Waals surface area (Å²) >= 11 is 0. The highest BCUT2D eigenvalue weighted by Crippen LogP contribution is 2.33. The largest absolute Gasteiger partial charge is 0.416 e. The number of rotatable bonds is 4. The Bertz CT molecular complexity index is 1110. The van der Waals surface area contributed by atoms with Crippen LogP contribution in [-0.2, 0) is 17.4 Å². The van der Waals surface area contributed by atoms with Crippen LogP contribution in [0.5, 0.6) is 0 Å². The first kappa shape index (κ1) is 23.4. The summed E-state index contributed by atoms with van der Waals surface area (Å²) in [5.74, 6) is -0.737. The summed E-state index contributed by atoms with van der Waals surface area (Å²) in [5, 5.41) is 6.96. The van der Waals surface area contributed by atoms with Gasteiger partial charge in [0.05, 0.1) is 29.9 Å². The predicted molar refractivity (Wildman–Crippen MR) is 119 cm³/mol. The van der Waals surface area contributed by atoms with Crippen molar-refractivity contribution in [2.24, 2.45) is 0 Å². The van der Waals surface area contributed by atoms with E-state index in [-0.39, 0.29) is 49.8 Å². The van der Waals surface area contributed by atoms with E-state index in [4.69, 9.17) is 0 Å². The van der Waals surface area contributed by atoms with E-state index in [1.807, 2.05) is 37.3 Å². The Hall–Kier alpha value is -3.27. The molecule has 1 aliphatic heterocycles. The highest BCUT2D eigenvalue weighted by molar-refractivity contribution is 7.59. The molecule has 3 aromatic rings. The zero-order chi connectivity index (χ0) is 22.2. The summed E-state index contributed by atoms with van der Waals surface area (Å²) in [7, 11) is 0. The first-order valence-corrected chi connectivity index (χ1v) is 9.64. The second-order valence-corrected chi connectivity index (χ2v) is 7.37. The third-order valence-corrected chi connectivity index (χ3v) is 5.10. The molecular formula is C22H21F3N4O2S. The Morgan fingerprint density at radius 1 is 1.12 bits per heavy atom. The summed E-state index contributed by atoms with van der Waals surface area (Å²) in [6, 6.07) is 13.4. The number of hydrogen-bond donors (Lipinski definition) is 1. The van der Waals surface area contributed by atoms with Crippen molar-refractivity contribution in [3.63, 3.8) is 0 Å². The van der Waals surface area contributed by atoms with Crippen LogP contribution in [0, 0.1) is 0 Å². The summed E-state index contributed by atoms with van der Waals surface area (Å²) < 4.78 is 40.1. The van der Waals surface area contributed by atoms with Gasteiger partial charge < -0.3 is 10.2 Å². The maximum absolute atomic E-state index is 13.2. The molecule has 0 aliphatic carbocycles. The molecule has 6 nitrogen and oxygen atoms in total. The van der Waals surface area contributed by atoms with Gasteiger partial charge in [-0.3, -0.25) is 14.3 Å². The van der Waals surface area contributed by atoms with Gasteiger partial charge in [-0.05, 0) is 36.8 Å². The highest BCUT2D eigenvalue weighted by atomic mass is 32.1. The second-order valence-electron chi connectivity index (χ2n) is 7.37. The van der Waals surface area contributed by atoms with Crippen molar-refractivity contribution < 1.29 is 22.8 Å². The maximum atomic E-state index is 13.2. The van der Waals surface area contributed by atoms with Crippen molar-refractivity contribution in [3.8, 4) is 0 Å². The molecule has 1 atom stereocenters. The topological polar surface area (TPSA) is 67.2 Å². The average molecular weight is 462 g/mol. The predicted octanol–water partition coefficient (Wildman–Crippen LogP) is 4.42. The van der Waals surface area contributed by atoms with Gasteiger partial charge in [-0.1, -0.05) is 30.3 Å². The number of carbonyl (C=O) groups excluding carboxylic acids is 2. The van der Waals surface area contributed by atoms with Gasteiger partial charge >= 0.3 is 6.18 Å². The van der Waals surface area contributed by atoms with Crippen LogP contribution in [0.15, 0.2) is 60.8 Å². The molecule has 0 saturated heterocycles. The molecule has 10 heteroatoms. The quantitative estimate of drug-likeness (QED) is 0.624. The molecule has 1 aliphatic rings. The Morgan fingerprint density at radius 3 is 2.41 bits per heavy atom. The number of amides is 2. The molecule has 4 rings (SSSR count). The molecule has 2 aromatic carbocycles. The van der Waals surface area contributed by atoms with Gasteiger partial charge in [-0.2, -0.15) is 31.8 Å². The van der Waals surface area contributed by atoms with E-state index in [1.54, 1.807) is 0 Å². The molecule has 0 saturated carbocycles. The van der Waals surface area contributed by atoms with Crippen LogP contribution in [0.4, 0.5) is 24.5 Å². The van der Waals surface area contributed by atoms with Crippen LogP contribution < -0.4 is 10.2 Å². The summed E-state index contributed by atoms with van der Waals surface area (Å²) in [6.07, 6.45) is -2.90. The fourth-order valence-corrected chi connectivity index (χ4v) is 3.58. The number of alkyl halides is 3. The molecule has 0 radical (unpaired) electrons.